The van der Waals surface area contributed by atoms with Crippen molar-refractivity contribution in [3.05, 3.63) is 34.2 Å². The SMILES string of the molecule is CCNC(=O)[C@@H]1C[C@H](NC(=O)c2ccc(=O)n(C)c2)CN1CC1CCC1. The van der Waals surface area contributed by atoms with E-state index in [4.69, 9.17) is 0 Å². The number of hydrogen-bond acceptors (Lipinski definition) is 4. The summed E-state index contributed by atoms with van der Waals surface area (Å²) in [6.45, 7) is 4.15. The van der Waals surface area contributed by atoms with Crippen molar-refractivity contribution in [2.45, 2.75) is 44.7 Å². The van der Waals surface area contributed by atoms with Crippen LogP contribution >= 0.6 is 0 Å². The van der Waals surface area contributed by atoms with Crippen LogP contribution in [0.5, 0.6) is 0 Å². The van der Waals surface area contributed by atoms with Gasteiger partial charge in [0.05, 0.1) is 11.6 Å². The van der Waals surface area contributed by atoms with Crippen molar-refractivity contribution < 1.29 is 9.59 Å². The van der Waals surface area contributed by atoms with E-state index >= 15 is 0 Å². The zero-order chi connectivity index (χ0) is 18.7. The van der Waals surface area contributed by atoms with Gasteiger partial charge in [0.25, 0.3) is 5.91 Å². The van der Waals surface area contributed by atoms with Crippen LogP contribution < -0.4 is 16.2 Å². The quantitative estimate of drug-likeness (QED) is 0.774. The molecule has 0 unspecified atom stereocenters. The minimum atomic E-state index is -0.203. The zero-order valence-electron chi connectivity index (χ0n) is 15.5. The second-order valence-electron chi connectivity index (χ2n) is 7.43. The van der Waals surface area contributed by atoms with E-state index in [1.54, 1.807) is 19.3 Å². The molecule has 0 bridgehead atoms. The zero-order valence-corrected chi connectivity index (χ0v) is 15.5. The molecule has 2 fully saturated rings. The highest BCUT2D eigenvalue weighted by Gasteiger charge is 2.38. The van der Waals surface area contributed by atoms with Gasteiger partial charge in [-0.25, -0.2) is 0 Å². The Kier molecular flexibility index (Phi) is 5.76. The molecule has 1 aliphatic carbocycles. The van der Waals surface area contributed by atoms with E-state index in [1.807, 2.05) is 6.92 Å². The molecule has 3 rings (SSSR count). The molecule has 2 atom stereocenters. The van der Waals surface area contributed by atoms with Crippen LogP contribution in [-0.4, -0.2) is 53.0 Å². The van der Waals surface area contributed by atoms with E-state index in [9.17, 15) is 14.4 Å². The van der Waals surface area contributed by atoms with Gasteiger partial charge in [-0.2, -0.15) is 0 Å². The Hall–Kier alpha value is -2.15. The molecule has 2 aliphatic rings. The Morgan fingerprint density at radius 2 is 2.04 bits per heavy atom. The van der Waals surface area contributed by atoms with Crippen LogP contribution in [0.2, 0.25) is 0 Å². The summed E-state index contributed by atoms with van der Waals surface area (Å²) < 4.78 is 1.39. The lowest BCUT2D eigenvalue weighted by molar-refractivity contribution is -0.125. The second-order valence-corrected chi connectivity index (χ2v) is 7.43. The van der Waals surface area contributed by atoms with Crippen molar-refractivity contribution in [2.24, 2.45) is 13.0 Å². The number of carbonyl (C=O) groups excluding carboxylic acids is 2. The van der Waals surface area contributed by atoms with Gasteiger partial charge in [0.1, 0.15) is 0 Å². The standard InChI is InChI=1S/C19H28N4O3/c1-3-20-19(26)16-9-15(12-23(16)10-13-5-4-6-13)21-18(25)14-7-8-17(24)22(2)11-14/h7-8,11,13,15-16H,3-6,9-10,12H2,1-2H3,(H,20,26)(H,21,25)/t15-,16-/m0/s1. The fourth-order valence-electron chi connectivity index (χ4n) is 3.78. The minimum absolute atomic E-state index is 0.0469. The van der Waals surface area contributed by atoms with Gasteiger partial charge in [0.15, 0.2) is 0 Å². The predicted molar refractivity (Wildman–Crippen MR) is 98.9 cm³/mol. The number of likely N-dealkylation sites (N-methyl/N-ethyl adjacent to an activating group) is 1. The van der Waals surface area contributed by atoms with Gasteiger partial charge in [0.2, 0.25) is 11.5 Å². The van der Waals surface area contributed by atoms with Crippen molar-refractivity contribution in [3.8, 4) is 0 Å². The third-order valence-electron chi connectivity index (χ3n) is 5.46. The number of pyridine rings is 1. The number of hydrogen-bond donors (Lipinski definition) is 2. The maximum absolute atomic E-state index is 12.5. The molecular weight excluding hydrogens is 332 g/mol. The summed E-state index contributed by atoms with van der Waals surface area (Å²) in [6.07, 6.45) is 5.90. The smallest absolute Gasteiger partial charge is 0.253 e. The molecule has 1 aromatic rings. The first-order valence-electron chi connectivity index (χ1n) is 9.47. The highest BCUT2D eigenvalue weighted by Crippen LogP contribution is 2.30. The van der Waals surface area contributed by atoms with Gasteiger partial charge in [-0.3, -0.25) is 19.3 Å². The van der Waals surface area contributed by atoms with Crippen LogP contribution in [0.15, 0.2) is 23.1 Å². The molecule has 1 saturated heterocycles. The van der Waals surface area contributed by atoms with Crippen molar-refractivity contribution in [3.63, 3.8) is 0 Å². The monoisotopic (exact) mass is 360 g/mol. The van der Waals surface area contributed by atoms with Gasteiger partial charge in [-0.1, -0.05) is 6.42 Å². The van der Waals surface area contributed by atoms with Crippen molar-refractivity contribution in [1.82, 2.24) is 20.1 Å². The van der Waals surface area contributed by atoms with E-state index in [-0.39, 0.29) is 29.5 Å². The van der Waals surface area contributed by atoms with E-state index < -0.39 is 0 Å². The number of likely N-dealkylation sites (tertiary alicyclic amines) is 1. The Morgan fingerprint density at radius 1 is 1.27 bits per heavy atom. The maximum Gasteiger partial charge on any atom is 0.253 e. The molecule has 2 amide bonds. The molecule has 7 heteroatoms. The minimum Gasteiger partial charge on any atom is -0.355 e. The van der Waals surface area contributed by atoms with E-state index in [0.717, 1.165) is 6.54 Å². The number of nitrogens with one attached hydrogen (secondary N) is 2. The Morgan fingerprint density at radius 3 is 2.65 bits per heavy atom. The Bertz CT molecular complexity index is 726. The fourth-order valence-corrected chi connectivity index (χ4v) is 3.78. The lowest BCUT2D eigenvalue weighted by Crippen LogP contribution is -2.45. The highest BCUT2D eigenvalue weighted by molar-refractivity contribution is 5.94. The average molecular weight is 360 g/mol. The van der Waals surface area contributed by atoms with Gasteiger partial charge in [-0.15, -0.1) is 0 Å². The molecule has 1 saturated carbocycles. The van der Waals surface area contributed by atoms with Crippen LogP contribution in [0.3, 0.4) is 0 Å². The summed E-state index contributed by atoms with van der Waals surface area (Å²) in [5, 5.41) is 5.95. The molecule has 0 radical (unpaired) electrons. The largest absolute Gasteiger partial charge is 0.355 e. The number of amides is 2. The molecule has 7 nitrogen and oxygen atoms in total. The van der Waals surface area contributed by atoms with Gasteiger partial charge >= 0.3 is 0 Å². The van der Waals surface area contributed by atoms with Gasteiger partial charge in [0, 0.05) is 45.0 Å². The molecule has 142 valence electrons. The van der Waals surface area contributed by atoms with Crippen LogP contribution in [-0.2, 0) is 11.8 Å². The maximum atomic E-state index is 12.5. The second kappa shape index (κ2) is 8.03. The number of rotatable bonds is 6. The van der Waals surface area contributed by atoms with E-state index in [1.165, 1.54) is 29.9 Å². The Labute approximate surface area is 153 Å². The number of aromatic nitrogens is 1. The molecule has 1 aromatic heterocycles. The van der Waals surface area contributed by atoms with Crippen molar-refractivity contribution in [1.29, 1.82) is 0 Å². The molecule has 1 aliphatic heterocycles. The van der Waals surface area contributed by atoms with Crippen LogP contribution in [0.4, 0.5) is 0 Å². The lowest BCUT2D eigenvalue weighted by Gasteiger charge is -2.32. The number of aryl methyl sites for hydroxylation is 1. The fraction of sp³-hybridized carbons (Fsp3) is 0.632. The van der Waals surface area contributed by atoms with Crippen molar-refractivity contribution >= 4 is 11.8 Å². The summed E-state index contributed by atoms with van der Waals surface area (Å²) >= 11 is 0. The molecule has 2 N–H and O–H groups in total. The number of nitrogens with zero attached hydrogens (tertiary/aromatic N) is 2. The molecular formula is C19H28N4O3. The average Bonchev–Trinajstić information content (AvgIpc) is 2.96. The molecule has 26 heavy (non-hydrogen) atoms. The first-order valence-corrected chi connectivity index (χ1v) is 9.47. The first kappa shape index (κ1) is 18.6. The van der Waals surface area contributed by atoms with Crippen LogP contribution in [0.1, 0.15) is 43.0 Å². The van der Waals surface area contributed by atoms with Gasteiger partial charge < -0.3 is 15.2 Å². The lowest BCUT2D eigenvalue weighted by atomic mass is 9.85. The third kappa shape index (κ3) is 4.15. The summed E-state index contributed by atoms with van der Waals surface area (Å²) in [5.41, 5.74) is 0.310. The topological polar surface area (TPSA) is 83.4 Å². The van der Waals surface area contributed by atoms with Crippen LogP contribution in [0, 0.1) is 5.92 Å². The van der Waals surface area contributed by atoms with Crippen LogP contribution in [0.25, 0.3) is 0 Å². The Balaban J connectivity index is 1.65. The normalized spacial score (nSPS) is 23.5. The highest BCUT2D eigenvalue weighted by atomic mass is 16.2. The van der Waals surface area contributed by atoms with E-state index in [2.05, 4.69) is 15.5 Å². The summed E-state index contributed by atoms with van der Waals surface area (Å²) in [7, 11) is 1.63. The number of carbonyl (C=O) groups is 2. The summed E-state index contributed by atoms with van der Waals surface area (Å²) in [5.74, 6) is 0.515. The van der Waals surface area contributed by atoms with E-state index in [0.29, 0.717) is 31.0 Å². The van der Waals surface area contributed by atoms with Gasteiger partial charge in [-0.05, 0) is 38.2 Å². The first-order chi connectivity index (χ1) is 12.5. The predicted octanol–water partition coefficient (Wildman–Crippen LogP) is 0.494. The summed E-state index contributed by atoms with van der Waals surface area (Å²) in [4.78, 5) is 38.6. The van der Waals surface area contributed by atoms with Crippen molar-refractivity contribution in [2.75, 3.05) is 19.6 Å². The summed E-state index contributed by atoms with van der Waals surface area (Å²) in [6, 6.07) is 2.69. The molecule has 0 spiro atoms. The molecule has 0 aromatic carbocycles. The third-order valence-corrected chi connectivity index (χ3v) is 5.46. The molecule has 2 heterocycles.